The smallest absolute Gasteiger partial charge is 0.305 e. The molecule has 13 heteroatoms. The summed E-state index contributed by atoms with van der Waals surface area (Å²) in [6.45, 7) is 6.42. The number of likely N-dealkylation sites (tertiary alicyclic amines) is 1. The molecule has 2 aliphatic rings. The molecule has 11 nitrogen and oxygen atoms in total. The van der Waals surface area contributed by atoms with Crippen LogP contribution < -0.4 is 14.9 Å². The van der Waals surface area contributed by atoms with E-state index in [2.05, 4.69) is 15.2 Å². The number of phenols is 2. The van der Waals surface area contributed by atoms with Gasteiger partial charge in [0.2, 0.25) is 0 Å². The number of H-pyrrole nitrogens is 1. The van der Waals surface area contributed by atoms with Gasteiger partial charge in [0.25, 0.3) is 5.91 Å². The molecule has 3 heterocycles. The summed E-state index contributed by atoms with van der Waals surface area (Å²) < 4.78 is 27.0. The molecule has 2 fully saturated rings. The Morgan fingerprint density at radius 2 is 1.88 bits per heavy atom. The SMILES string of the molecule is CCOc1ccc(O)c(C(=O)N2CCOC3(CCN(Cc4cc(F)cc(CCNCC(O)c5ccc(O)c6[nH]c(=O)sc56)c4)CC3)C2)c1. The Morgan fingerprint density at radius 3 is 2.67 bits per heavy atom. The minimum absolute atomic E-state index is 0.0404. The van der Waals surface area contributed by atoms with Crippen LogP contribution in [-0.4, -0.2) is 94.1 Å². The van der Waals surface area contributed by atoms with Gasteiger partial charge in [0, 0.05) is 38.3 Å². The zero-order chi connectivity index (χ0) is 33.8. The van der Waals surface area contributed by atoms with Crippen molar-refractivity contribution in [3.63, 3.8) is 0 Å². The number of nitrogens with one attached hydrogen (secondary N) is 2. The van der Waals surface area contributed by atoms with Crippen LogP contribution in [0.3, 0.4) is 0 Å². The highest BCUT2D eigenvalue weighted by Gasteiger charge is 2.41. The zero-order valence-electron chi connectivity index (χ0n) is 26.8. The van der Waals surface area contributed by atoms with Crippen molar-refractivity contribution in [2.45, 2.75) is 44.4 Å². The summed E-state index contributed by atoms with van der Waals surface area (Å²) in [7, 11) is 0. The average Bonchev–Trinajstić information content (AvgIpc) is 3.47. The number of aromatic amines is 1. The molecule has 2 aliphatic heterocycles. The van der Waals surface area contributed by atoms with Crippen LogP contribution >= 0.6 is 11.3 Å². The Bertz CT molecular complexity index is 1820. The molecule has 0 saturated carbocycles. The summed E-state index contributed by atoms with van der Waals surface area (Å²) in [6, 6.07) is 12.9. The molecule has 0 aliphatic carbocycles. The van der Waals surface area contributed by atoms with Gasteiger partial charge < -0.3 is 40.0 Å². The number of halogens is 1. The molecule has 1 aromatic heterocycles. The van der Waals surface area contributed by atoms with E-state index in [1.54, 1.807) is 29.2 Å². The lowest BCUT2D eigenvalue weighted by atomic mass is 9.88. The zero-order valence-corrected chi connectivity index (χ0v) is 27.7. The third-order valence-electron chi connectivity index (χ3n) is 9.11. The summed E-state index contributed by atoms with van der Waals surface area (Å²) >= 11 is 0.944. The van der Waals surface area contributed by atoms with Gasteiger partial charge in [-0.2, -0.15) is 0 Å². The third-order valence-corrected chi connectivity index (χ3v) is 10.0. The van der Waals surface area contributed by atoms with Gasteiger partial charge in [-0.1, -0.05) is 23.5 Å². The number of hydrogen-bond donors (Lipinski definition) is 5. The number of thiazole rings is 1. The number of carbonyl (C=O) groups excluding carboxylic acids is 1. The predicted molar refractivity (Wildman–Crippen MR) is 180 cm³/mol. The number of rotatable bonds is 11. The number of ether oxygens (including phenoxy) is 2. The number of fused-ring (bicyclic) bond motifs is 1. The Labute approximate surface area is 281 Å². The van der Waals surface area contributed by atoms with Crippen molar-refractivity contribution in [2.75, 3.05) is 52.5 Å². The van der Waals surface area contributed by atoms with Gasteiger partial charge in [-0.05, 0) is 80.3 Å². The molecule has 0 bridgehead atoms. The molecular formula is C35H41FN4O7S. The molecule has 1 spiro atoms. The monoisotopic (exact) mass is 680 g/mol. The molecule has 4 aromatic rings. The number of aromatic nitrogens is 1. The van der Waals surface area contributed by atoms with Gasteiger partial charge in [-0.15, -0.1) is 0 Å². The predicted octanol–water partition coefficient (Wildman–Crippen LogP) is 3.91. The van der Waals surface area contributed by atoms with Crippen LogP contribution in [0.25, 0.3) is 10.2 Å². The summed E-state index contributed by atoms with van der Waals surface area (Å²) in [5.74, 6) is -0.121. The van der Waals surface area contributed by atoms with Crippen LogP contribution in [0, 0.1) is 5.82 Å². The summed E-state index contributed by atoms with van der Waals surface area (Å²) in [5.41, 5.74) is 2.35. The van der Waals surface area contributed by atoms with E-state index < -0.39 is 11.7 Å². The number of aromatic hydroxyl groups is 2. The van der Waals surface area contributed by atoms with Gasteiger partial charge in [0.05, 0.1) is 41.7 Å². The topological polar surface area (TPSA) is 148 Å². The minimum Gasteiger partial charge on any atom is -0.507 e. The molecule has 2 saturated heterocycles. The standard InChI is InChI=1S/C35H41FN4O7S/c1-2-46-25-3-5-28(41)27(18-25)33(44)40-13-14-47-35(21-40)8-11-39(12-9-35)20-23-15-22(16-24(36)17-23)7-10-37-19-30(43)26-4-6-29(42)31-32(26)48-34(45)38-31/h3-6,15-18,30,37,41-43H,2,7-14,19-21H2,1H3,(H,38,45). The molecule has 256 valence electrons. The molecule has 48 heavy (non-hydrogen) atoms. The van der Waals surface area contributed by atoms with E-state index in [1.807, 2.05) is 13.0 Å². The number of aliphatic hydroxyl groups excluding tert-OH is 1. The fourth-order valence-electron chi connectivity index (χ4n) is 6.65. The Balaban J connectivity index is 0.999. The number of morpholine rings is 1. The highest BCUT2D eigenvalue weighted by Crippen LogP contribution is 2.34. The molecule has 1 atom stereocenters. The molecule has 3 aromatic carbocycles. The van der Waals surface area contributed by atoms with Crippen molar-refractivity contribution in [3.8, 4) is 17.2 Å². The summed E-state index contributed by atoms with van der Waals surface area (Å²) in [4.78, 5) is 31.5. The Kier molecular flexibility index (Phi) is 10.3. The van der Waals surface area contributed by atoms with E-state index in [9.17, 15) is 29.3 Å². The van der Waals surface area contributed by atoms with Crippen LogP contribution in [0.15, 0.2) is 53.3 Å². The maximum absolute atomic E-state index is 14.7. The van der Waals surface area contributed by atoms with Crippen LogP contribution in [-0.2, 0) is 17.7 Å². The first-order valence-corrected chi connectivity index (χ1v) is 17.1. The van der Waals surface area contributed by atoms with Crippen LogP contribution in [0.4, 0.5) is 4.39 Å². The van der Waals surface area contributed by atoms with E-state index >= 15 is 0 Å². The summed E-state index contributed by atoms with van der Waals surface area (Å²) in [6.07, 6.45) is 1.12. The first kappa shape index (κ1) is 33.9. The molecule has 5 N–H and O–H groups in total. The van der Waals surface area contributed by atoms with Crippen molar-refractivity contribution in [2.24, 2.45) is 0 Å². The number of hydrogen-bond acceptors (Lipinski definition) is 10. The first-order chi connectivity index (χ1) is 23.1. The lowest BCUT2D eigenvalue weighted by Gasteiger charge is -2.47. The van der Waals surface area contributed by atoms with Crippen molar-refractivity contribution in [1.29, 1.82) is 0 Å². The second-order valence-corrected chi connectivity index (χ2v) is 13.5. The Hall–Kier alpha value is -4.01. The molecule has 1 amide bonds. The maximum Gasteiger partial charge on any atom is 0.305 e. The van der Waals surface area contributed by atoms with Gasteiger partial charge >= 0.3 is 4.87 Å². The molecule has 0 radical (unpaired) electrons. The van der Waals surface area contributed by atoms with E-state index in [-0.39, 0.29) is 40.2 Å². The van der Waals surface area contributed by atoms with Gasteiger partial charge in [0.15, 0.2) is 0 Å². The van der Waals surface area contributed by atoms with E-state index in [1.165, 1.54) is 18.2 Å². The first-order valence-electron chi connectivity index (χ1n) is 16.3. The van der Waals surface area contributed by atoms with Crippen molar-refractivity contribution in [3.05, 3.63) is 86.3 Å². The number of benzene rings is 3. The van der Waals surface area contributed by atoms with Crippen LogP contribution in [0.2, 0.25) is 0 Å². The van der Waals surface area contributed by atoms with E-state index in [0.29, 0.717) is 67.3 Å². The van der Waals surface area contributed by atoms with Gasteiger partial charge in [0.1, 0.15) is 28.6 Å². The fourth-order valence-corrected chi connectivity index (χ4v) is 7.57. The number of nitrogens with zero attached hydrogens (tertiary/aromatic N) is 2. The summed E-state index contributed by atoms with van der Waals surface area (Å²) in [5, 5.41) is 34.4. The number of phenolic OH excluding ortho intramolecular Hbond substituents is 2. The van der Waals surface area contributed by atoms with Gasteiger partial charge in [-0.25, -0.2) is 4.39 Å². The second kappa shape index (κ2) is 14.6. The fraction of sp³-hybridized carbons (Fsp3) is 0.429. The molecule has 6 rings (SSSR count). The van der Waals surface area contributed by atoms with E-state index in [0.717, 1.165) is 48.4 Å². The molecule has 1 unspecified atom stereocenters. The quantitative estimate of drug-likeness (QED) is 0.149. The number of piperidine rings is 1. The van der Waals surface area contributed by atoms with Crippen LogP contribution in [0.1, 0.15) is 52.9 Å². The van der Waals surface area contributed by atoms with Crippen molar-refractivity contribution < 1.29 is 34.0 Å². The third kappa shape index (κ3) is 7.66. The average molecular weight is 681 g/mol. The number of amides is 1. The van der Waals surface area contributed by atoms with E-state index in [4.69, 9.17) is 9.47 Å². The minimum atomic E-state index is -0.887. The normalized spacial score (nSPS) is 17.2. The highest BCUT2D eigenvalue weighted by molar-refractivity contribution is 7.16. The number of carbonyl (C=O) groups is 1. The molecular weight excluding hydrogens is 639 g/mol. The van der Waals surface area contributed by atoms with Crippen molar-refractivity contribution in [1.82, 2.24) is 20.1 Å². The Morgan fingerprint density at radius 1 is 1.10 bits per heavy atom. The largest absolute Gasteiger partial charge is 0.507 e. The van der Waals surface area contributed by atoms with Crippen LogP contribution in [0.5, 0.6) is 17.2 Å². The maximum atomic E-state index is 14.7. The second-order valence-electron chi connectivity index (χ2n) is 12.5. The lowest BCUT2D eigenvalue weighted by molar-refractivity contribution is -0.128. The highest BCUT2D eigenvalue weighted by atomic mass is 32.1. The van der Waals surface area contributed by atoms with Crippen molar-refractivity contribution >= 4 is 27.5 Å². The lowest BCUT2D eigenvalue weighted by Crippen LogP contribution is -2.57. The van der Waals surface area contributed by atoms with Gasteiger partial charge in [-0.3, -0.25) is 14.5 Å². The number of aliphatic hydroxyl groups is 1.